The minimum Gasteiger partial charge on any atom is -0.398 e. The fourth-order valence-corrected chi connectivity index (χ4v) is 3.12. The molecule has 2 rings (SSSR count). The molecule has 20 heavy (non-hydrogen) atoms. The Labute approximate surface area is 120 Å². The molecule has 0 aliphatic rings. The van der Waals surface area contributed by atoms with Gasteiger partial charge in [0, 0.05) is 16.1 Å². The number of hydrogen-bond donors (Lipinski definition) is 2. The van der Waals surface area contributed by atoms with E-state index in [-0.39, 0.29) is 0 Å². The second-order valence-electron chi connectivity index (χ2n) is 4.58. The minimum atomic E-state index is -1.17. The highest BCUT2D eigenvalue weighted by Crippen LogP contribution is 2.19. The fraction of sp³-hybridized carbons (Fsp3) is 0.133. The van der Waals surface area contributed by atoms with Crippen molar-refractivity contribution in [2.45, 2.75) is 17.6 Å². The van der Waals surface area contributed by atoms with Crippen LogP contribution >= 0.6 is 0 Å². The fourth-order valence-electron chi connectivity index (χ4n) is 1.86. The quantitative estimate of drug-likeness (QED) is 0.843. The van der Waals surface area contributed by atoms with Gasteiger partial charge in [-0.2, -0.15) is 0 Å². The third-order valence-corrected chi connectivity index (χ3v) is 4.32. The van der Waals surface area contributed by atoms with Gasteiger partial charge in [-0.25, -0.2) is 0 Å². The van der Waals surface area contributed by atoms with Gasteiger partial charge in [-0.3, -0.25) is 9.00 Å². The summed E-state index contributed by atoms with van der Waals surface area (Å²) >= 11 is 0. The molecule has 2 aromatic rings. The first-order chi connectivity index (χ1) is 9.47. The number of anilines is 1. The first-order valence-corrected chi connectivity index (χ1v) is 7.42. The molecule has 1 unspecified atom stereocenters. The van der Waals surface area contributed by atoms with Crippen LogP contribution in [0.5, 0.6) is 0 Å². The Morgan fingerprint density at radius 3 is 2.55 bits per heavy atom. The van der Waals surface area contributed by atoms with Gasteiger partial charge in [0.15, 0.2) is 0 Å². The molecule has 0 aliphatic heterocycles. The Bertz CT molecular complexity index is 683. The monoisotopic (exact) mass is 288 g/mol. The van der Waals surface area contributed by atoms with Crippen LogP contribution in [0.1, 0.15) is 21.5 Å². The zero-order valence-electron chi connectivity index (χ0n) is 11.1. The molecule has 0 radical (unpaired) electrons. The number of nitrogen functional groups attached to an aromatic ring is 1. The van der Waals surface area contributed by atoms with Gasteiger partial charge in [0.25, 0.3) is 0 Å². The molecular formula is C15H16N2O2S. The van der Waals surface area contributed by atoms with Crippen LogP contribution in [0, 0.1) is 6.92 Å². The van der Waals surface area contributed by atoms with Crippen LogP contribution in [-0.2, 0) is 16.6 Å². The number of hydrogen-bond acceptors (Lipinski definition) is 3. The van der Waals surface area contributed by atoms with E-state index in [4.69, 9.17) is 11.5 Å². The molecular weight excluding hydrogens is 272 g/mol. The lowest BCUT2D eigenvalue weighted by Gasteiger charge is -2.08. The maximum atomic E-state index is 12.3. The zero-order chi connectivity index (χ0) is 14.7. The van der Waals surface area contributed by atoms with E-state index in [2.05, 4.69) is 0 Å². The number of rotatable bonds is 4. The summed E-state index contributed by atoms with van der Waals surface area (Å²) in [4.78, 5) is 11.8. The number of amides is 1. The highest BCUT2D eigenvalue weighted by molar-refractivity contribution is 7.84. The number of nitrogens with two attached hydrogens (primary N) is 2. The van der Waals surface area contributed by atoms with Gasteiger partial charge >= 0.3 is 0 Å². The Kier molecular flexibility index (Phi) is 4.20. The predicted molar refractivity (Wildman–Crippen MR) is 80.7 cm³/mol. The summed E-state index contributed by atoms with van der Waals surface area (Å²) in [5, 5.41) is 0. The van der Waals surface area contributed by atoms with Gasteiger partial charge in [-0.1, -0.05) is 18.2 Å². The van der Waals surface area contributed by atoms with E-state index < -0.39 is 16.7 Å². The Balaban J connectivity index is 2.22. The van der Waals surface area contributed by atoms with Gasteiger partial charge in [0.2, 0.25) is 5.91 Å². The van der Waals surface area contributed by atoms with Gasteiger partial charge in [0.05, 0.1) is 16.6 Å². The molecule has 2 aromatic carbocycles. The van der Waals surface area contributed by atoms with E-state index in [9.17, 15) is 9.00 Å². The maximum Gasteiger partial charge on any atom is 0.248 e. The summed E-state index contributed by atoms with van der Waals surface area (Å²) in [7, 11) is -1.17. The molecule has 0 heterocycles. The molecule has 4 nitrogen and oxygen atoms in total. The Morgan fingerprint density at radius 2 is 1.95 bits per heavy atom. The van der Waals surface area contributed by atoms with Gasteiger partial charge in [-0.05, 0) is 42.3 Å². The normalized spacial score (nSPS) is 12.1. The Hall–Kier alpha value is -2.14. The number of carbonyl (C=O) groups excluding carboxylic acids is 1. The largest absolute Gasteiger partial charge is 0.398 e. The SMILES string of the molecule is Cc1cccc(S(=O)Cc2ccc(C(N)=O)cc2N)c1. The lowest BCUT2D eigenvalue weighted by atomic mass is 10.1. The highest BCUT2D eigenvalue weighted by atomic mass is 32.2. The van der Waals surface area contributed by atoms with Gasteiger partial charge in [-0.15, -0.1) is 0 Å². The molecule has 5 heteroatoms. The smallest absolute Gasteiger partial charge is 0.248 e. The summed E-state index contributed by atoms with van der Waals surface area (Å²) in [5.41, 5.74) is 13.7. The summed E-state index contributed by atoms with van der Waals surface area (Å²) in [6.07, 6.45) is 0. The number of aryl methyl sites for hydroxylation is 1. The lowest BCUT2D eigenvalue weighted by molar-refractivity contribution is 0.100. The first-order valence-electron chi connectivity index (χ1n) is 6.10. The van der Waals surface area contributed by atoms with Gasteiger partial charge < -0.3 is 11.5 Å². The van der Waals surface area contributed by atoms with E-state index in [0.29, 0.717) is 17.0 Å². The molecule has 1 amide bonds. The van der Waals surface area contributed by atoms with Crippen molar-refractivity contribution in [3.63, 3.8) is 0 Å². The molecule has 0 aliphatic carbocycles. The van der Waals surface area contributed by atoms with Crippen molar-refractivity contribution in [3.8, 4) is 0 Å². The average molecular weight is 288 g/mol. The van der Waals surface area contributed by atoms with E-state index in [1.807, 2.05) is 31.2 Å². The van der Waals surface area contributed by atoms with E-state index in [0.717, 1.165) is 16.0 Å². The molecule has 0 saturated carbocycles. The van der Waals surface area contributed by atoms with E-state index >= 15 is 0 Å². The zero-order valence-corrected chi connectivity index (χ0v) is 11.9. The molecule has 104 valence electrons. The standard InChI is InChI=1S/C15H16N2O2S/c1-10-3-2-4-13(7-10)20(19)9-12-6-5-11(15(17)18)8-14(12)16/h2-8H,9,16H2,1H3,(H2,17,18). The molecule has 0 saturated heterocycles. The third-order valence-electron chi connectivity index (χ3n) is 2.97. The third kappa shape index (κ3) is 3.24. The minimum absolute atomic E-state index is 0.314. The van der Waals surface area contributed by atoms with Crippen LogP contribution in [-0.4, -0.2) is 10.1 Å². The van der Waals surface area contributed by atoms with Crippen molar-refractivity contribution in [2.24, 2.45) is 5.73 Å². The van der Waals surface area contributed by atoms with Crippen LogP contribution in [0.25, 0.3) is 0 Å². The van der Waals surface area contributed by atoms with Crippen LogP contribution in [0.15, 0.2) is 47.4 Å². The number of primary amides is 1. The van der Waals surface area contributed by atoms with Gasteiger partial charge in [0.1, 0.15) is 0 Å². The predicted octanol–water partition coefficient (Wildman–Crippen LogP) is 1.98. The van der Waals surface area contributed by atoms with Crippen molar-refractivity contribution in [1.82, 2.24) is 0 Å². The lowest BCUT2D eigenvalue weighted by Crippen LogP contribution is -2.12. The van der Waals surface area contributed by atoms with Crippen LogP contribution < -0.4 is 11.5 Å². The molecule has 0 bridgehead atoms. The van der Waals surface area contributed by atoms with Crippen LogP contribution in [0.2, 0.25) is 0 Å². The van der Waals surface area contributed by atoms with E-state index in [1.165, 1.54) is 6.07 Å². The van der Waals surface area contributed by atoms with Crippen molar-refractivity contribution in [3.05, 3.63) is 59.2 Å². The molecule has 4 N–H and O–H groups in total. The molecule has 0 fully saturated rings. The topological polar surface area (TPSA) is 86.2 Å². The van der Waals surface area contributed by atoms with E-state index in [1.54, 1.807) is 12.1 Å². The summed E-state index contributed by atoms with van der Waals surface area (Å²) in [6.45, 7) is 1.96. The number of benzene rings is 2. The summed E-state index contributed by atoms with van der Waals surface area (Å²) in [5.74, 6) is -0.211. The second-order valence-corrected chi connectivity index (χ2v) is 6.04. The Morgan fingerprint density at radius 1 is 1.20 bits per heavy atom. The maximum absolute atomic E-state index is 12.3. The highest BCUT2D eigenvalue weighted by Gasteiger charge is 2.10. The van der Waals surface area contributed by atoms with Crippen molar-refractivity contribution in [1.29, 1.82) is 0 Å². The average Bonchev–Trinajstić information content (AvgIpc) is 2.40. The second kappa shape index (κ2) is 5.88. The molecule has 0 aromatic heterocycles. The number of carbonyl (C=O) groups is 1. The summed E-state index contributed by atoms with van der Waals surface area (Å²) < 4.78 is 12.3. The molecule has 0 spiro atoms. The van der Waals surface area contributed by atoms with Crippen LogP contribution in [0.3, 0.4) is 0 Å². The molecule has 1 atom stereocenters. The van der Waals surface area contributed by atoms with Crippen molar-refractivity contribution in [2.75, 3.05) is 5.73 Å². The van der Waals surface area contributed by atoms with Crippen molar-refractivity contribution < 1.29 is 9.00 Å². The first kappa shape index (κ1) is 14.3. The van der Waals surface area contributed by atoms with Crippen LogP contribution in [0.4, 0.5) is 5.69 Å². The van der Waals surface area contributed by atoms with Crippen molar-refractivity contribution >= 4 is 22.4 Å². The summed E-state index contributed by atoms with van der Waals surface area (Å²) in [6, 6.07) is 12.4.